The molecule has 1 amide bonds. The number of amides is 1. The van der Waals surface area contributed by atoms with Crippen LogP contribution in [0, 0.1) is 5.92 Å². The number of rotatable bonds is 5. The summed E-state index contributed by atoms with van der Waals surface area (Å²) in [6.07, 6.45) is 7.12. The van der Waals surface area contributed by atoms with Gasteiger partial charge in [0.15, 0.2) is 11.5 Å². The van der Waals surface area contributed by atoms with E-state index in [2.05, 4.69) is 15.3 Å². The zero-order valence-corrected chi connectivity index (χ0v) is 19.8. The maximum atomic E-state index is 10.5. The topological polar surface area (TPSA) is 123 Å². The Kier molecular flexibility index (Phi) is 8.20. The SMILES string of the molecule is COc1ccc2nccc(C[C@H](O)C3CCCCC3)c2n1.O=C(O)Nc1ccc2c(c1)OCCO2. The van der Waals surface area contributed by atoms with Crippen LogP contribution >= 0.6 is 0 Å². The molecular formula is C26H31N3O6. The molecule has 1 saturated carbocycles. The van der Waals surface area contributed by atoms with Gasteiger partial charge in [0.1, 0.15) is 13.2 Å². The number of aromatic nitrogens is 2. The van der Waals surface area contributed by atoms with Crippen LogP contribution in [0.25, 0.3) is 11.0 Å². The molecule has 1 aliphatic carbocycles. The highest BCUT2D eigenvalue weighted by atomic mass is 16.6. The van der Waals surface area contributed by atoms with Crippen molar-refractivity contribution in [2.75, 3.05) is 25.6 Å². The third-order valence-corrected chi connectivity index (χ3v) is 6.27. The van der Waals surface area contributed by atoms with Crippen LogP contribution in [0.4, 0.5) is 10.5 Å². The van der Waals surface area contributed by atoms with E-state index in [0.717, 1.165) is 29.4 Å². The van der Waals surface area contributed by atoms with Gasteiger partial charge in [-0.2, -0.15) is 0 Å². The Balaban J connectivity index is 0.000000179. The number of fused-ring (bicyclic) bond motifs is 2. The van der Waals surface area contributed by atoms with Crippen molar-refractivity contribution < 1.29 is 29.2 Å². The standard InChI is InChI=1S/C17H22N2O2.C9H9NO4/c1-21-16-8-7-14-17(19-16)13(9-10-18-14)11-15(20)12-5-3-2-4-6-12;11-9(12)10-6-1-2-7-8(5-6)14-4-3-13-7/h7-10,12,15,20H,2-6,11H2,1H3;1-2,5,10H,3-4H2,(H,11,12)/t15-;/m0./s1. The van der Waals surface area contributed by atoms with Gasteiger partial charge in [-0.1, -0.05) is 19.3 Å². The van der Waals surface area contributed by atoms with Crippen molar-refractivity contribution >= 4 is 22.8 Å². The highest BCUT2D eigenvalue weighted by Gasteiger charge is 2.22. The molecule has 3 aromatic rings. The van der Waals surface area contributed by atoms with E-state index in [1.54, 1.807) is 31.5 Å². The predicted molar refractivity (Wildman–Crippen MR) is 131 cm³/mol. The van der Waals surface area contributed by atoms with Gasteiger partial charge in [0.2, 0.25) is 5.88 Å². The fourth-order valence-corrected chi connectivity index (χ4v) is 4.49. The molecule has 1 fully saturated rings. The van der Waals surface area contributed by atoms with E-state index in [9.17, 15) is 9.90 Å². The molecule has 0 spiro atoms. The molecule has 2 aliphatic rings. The number of nitrogens with one attached hydrogen (secondary N) is 1. The molecule has 186 valence electrons. The fraction of sp³-hybridized carbons (Fsp3) is 0.423. The quantitative estimate of drug-likeness (QED) is 0.480. The van der Waals surface area contributed by atoms with Gasteiger partial charge in [0.05, 0.1) is 24.2 Å². The number of pyridine rings is 2. The Morgan fingerprint density at radius 1 is 1.11 bits per heavy atom. The molecule has 9 heteroatoms. The van der Waals surface area contributed by atoms with Crippen LogP contribution in [0.2, 0.25) is 0 Å². The first-order valence-corrected chi connectivity index (χ1v) is 11.9. The number of anilines is 1. The maximum Gasteiger partial charge on any atom is 0.409 e. The van der Waals surface area contributed by atoms with Crippen LogP contribution in [-0.4, -0.2) is 52.7 Å². The number of benzene rings is 1. The van der Waals surface area contributed by atoms with E-state index in [1.807, 2.05) is 18.2 Å². The molecule has 1 aliphatic heterocycles. The van der Waals surface area contributed by atoms with Crippen LogP contribution in [0.3, 0.4) is 0 Å². The second-order valence-corrected chi connectivity index (χ2v) is 8.65. The average molecular weight is 482 g/mol. The summed E-state index contributed by atoms with van der Waals surface area (Å²) in [5, 5.41) is 21.3. The highest BCUT2D eigenvalue weighted by Crippen LogP contribution is 2.32. The summed E-state index contributed by atoms with van der Waals surface area (Å²) in [6, 6.07) is 10.6. The number of ether oxygens (including phenoxy) is 3. The number of nitrogens with zero attached hydrogens (tertiary/aromatic N) is 2. The van der Waals surface area contributed by atoms with Gasteiger partial charge >= 0.3 is 6.09 Å². The first-order chi connectivity index (χ1) is 17.0. The minimum atomic E-state index is -1.10. The second kappa shape index (κ2) is 11.7. The number of aliphatic hydroxyl groups is 1. The summed E-state index contributed by atoms with van der Waals surface area (Å²) in [5.74, 6) is 2.23. The lowest BCUT2D eigenvalue weighted by Gasteiger charge is -2.26. The van der Waals surface area contributed by atoms with E-state index in [0.29, 0.717) is 48.6 Å². The van der Waals surface area contributed by atoms with Crippen molar-refractivity contribution in [2.24, 2.45) is 5.92 Å². The summed E-state index contributed by atoms with van der Waals surface area (Å²) in [7, 11) is 1.61. The molecule has 0 radical (unpaired) electrons. The molecule has 35 heavy (non-hydrogen) atoms. The van der Waals surface area contributed by atoms with Crippen LogP contribution in [-0.2, 0) is 6.42 Å². The van der Waals surface area contributed by atoms with Crippen molar-refractivity contribution in [1.82, 2.24) is 9.97 Å². The largest absolute Gasteiger partial charge is 0.486 e. The Morgan fingerprint density at radius 3 is 2.63 bits per heavy atom. The monoisotopic (exact) mass is 481 g/mol. The third-order valence-electron chi connectivity index (χ3n) is 6.27. The molecule has 1 atom stereocenters. The van der Waals surface area contributed by atoms with Gasteiger partial charge in [0, 0.05) is 30.4 Å². The first kappa shape index (κ1) is 24.5. The number of aliphatic hydroxyl groups excluding tert-OH is 1. The molecule has 0 bridgehead atoms. The van der Waals surface area contributed by atoms with Crippen molar-refractivity contribution in [3.05, 3.63) is 48.2 Å². The summed E-state index contributed by atoms with van der Waals surface area (Å²) in [6.45, 7) is 1.02. The normalized spacial score (nSPS) is 16.1. The average Bonchev–Trinajstić information content (AvgIpc) is 2.89. The Labute approximate surface area is 204 Å². The minimum Gasteiger partial charge on any atom is -0.486 e. The van der Waals surface area contributed by atoms with Gasteiger partial charge in [0.25, 0.3) is 0 Å². The number of hydrogen-bond acceptors (Lipinski definition) is 7. The molecule has 9 nitrogen and oxygen atoms in total. The van der Waals surface area contributed by atoms with Crippen LogP contribution in [0.5, 0.6) is 17.4 Å². The fourth-order valence-electron chi connectivity index (χ4n) is 4.49. The molecule has 0 saturated heterocycles. The van der Waals surface area contributed by atoms with Crippen molar-refractivity contribution in [3.8, 4) is 17.4 Å². The lowest BCUT2D eigenvalue weighted by atomic mass is 9.83. The number of carboxylic acid groups (broad SMARTS) is 1. The molecular weight excluding hydrogens is 450 g/mol. The van der Waals surface area contributed by atoms with E-state index in [1.165, 1.54) is 19.3 Å². The third kappa shape index (κ3) is 6.51. The Bertz CT molecular complexity index is 1150. The Morgan fingerprint density at radius 2 is 1.89 bits per heavy atom. The van der Waals surface area contributed by atoms with Crippen molar-refractivity contribution in [3.63, 3.8) is 0 Å². The number of hydrogen-bond donors (Lipinski definition) is 3. The number of carbonyl (C=O) groups is 1. The second-order valence-electron chi connectivity index (χ2n) is 8.65. The first-order valence-electron chi connectivity index (χ1n) is 11.9. The zero-order chi connectivity index (χ0) is 24.6. The summed E-state index contributed by atoms with van der Waals surface area (Å²) in [4.78, 5) is 19.2. The molecule has 0 unspecified atom stereocenters. The van der Waals surface area contributed by atoms with Gasteiger partial charge in [-0.3, -0.25) is 10.3 Å². The lowest BCUT2D eigenvalue weighted by Crippen LogP contribution is -2.25. The van der Waals surface area contributed by atoms with E-state index >= 15 is 0 Å². The van der Waals surface area contributed by atoms with Gasteiger partial charge < -0.3 is 24.4 Å². The molecule has 1 aromatic carbocycles. The summed E-state index contributed by atoms with van der Waals surface area (Å²) in [5.41, 5.74) is 3.22. The maximum absolute atomic E-state index is 10.5. The molecule has 3 heterocycles. The van der Waals surface area contributed by atoms with Gasteiger partial charge in [-0.15, -0.1) is 0 Å². The van der Waals surface area contributed by atoms with Crippen LogP contribution in [0.1, 0.15) is 37.7 Å². The highest BCUT2D eigenvalue weighted by molar-refractivity contribution is 5.83. The number of methoxy groups -OCH3 is 1. The zero-order valence-electron chi connectivity index (χ0n) is 19.8. The van der Waals surface area contributed by atoms with Crippen LogP contribution in [0.15, 0.2) is 42.6 Å². The van der Waals surface area contributed by atoms with Crippen molar-refractivity contribution in [1.29, 1.82) is 0 Å². The Hall–Kier alpha value is -3.59. The lowest BCUT2D eigenvalue weighted by molar-refractivity contribution is 0.0853. The smallest absolute Gasteiger partial charge is 0.409 e. The minimum absolute atomic E-state index is 0.288. The molecule has 5 rings (SSSR count). The summed E-state index contributed by atoms with van der Waals surface area (Å²) < 4.78 is 15.8. The van der Waals surface area contributed by atoms with E-state index in [4.69, 9.17) is 19.3 Å². The molecule has 2 aromatic heterocycles. The summed E-state index contributed by atoms with van der Waals surface area (Å²) >= 11 is 0. The van der Waals surface area contributed by atoms with Gasteiger partial charge in [-0.05, 0) is 48.6 Å². The predicted octanol–water partition coefficient (Wildman–Crippen LogP) is 4.67. The van der Waals surface area contributed by atoms with Crippen molar-refractivity contribution in [2.45, 2.75) is 44.6 Å². The van der Waals surface area contributed by atoms with E-state index in [-0.39, 0.29) is 6.10 Å². The van der Waals surface area contributed by atoms with E-state index < -0.39 is 6.09 Å². The molecule has 3 N–H and O–H groups in total. The van der Waals surface area contributed by atoms with Crippen LogP contribution < -0.4 is 19.5 Å². The van der Waals surface area contributed by atoms with Gasteiger partial charge in [-0.25, -0.2) is 9.78 Å².